The quantitative estimate of drug-likeness (QED) is 0.779. The van der Waals surface area contributed by atoms with Gasteiger partial charge in [-0.3, -0.25) is 0 Å². The van der Waals surface area contributed by atoms with Crippen LogP contribution in [0.15, 0.2) is 47.4 Å². The Balaban J connectivity index is 2.29. The number of hydrogen-bond donors (Lipinski definition) is 1. The Kier molecular flexibility index (Phi) is 3.33. The molecular weight excluding hydrogens is 310 g/mol. The molecular formula is C14H11NO2S3. The summed E-state index contributed by atoms with van der Waals surface area (Å²) in [5.74, 6) is 0. The van der Waals surface area contributed by atoms with Gasteiger partial charge in [0.1, 0.15) is 5.01 Å². The molecule has 1 unspecified atom stereocenters. The molecule has 0 radical (unpaired) electrons. The molecule has 20 heavy (non-hydrogen) atoms. The standard InChI is InChI=1S/C14H11NO2S3/c1-9-5-4-7-11-13(9)15-14(19-11)10-6-2-3-8-12(10)20(16,17)18/h2-8H,1H3,(H,16,17,18). The number of nitrogens with zero attached hydrogens (tertiary/aromatic N) is 1. The van der Waals surface area contributed by atoms with Crippen LogP contribution >= 0.6 is 11.3 Å². The molecule has 2 aromatic carbocycles. The third kappa shape index (κ3) is 2.35. The Morgan fingerprint density at radius 2 is 1.95 bits per heavy atom. The van der Waals surface area contributed by atoms with Gasteiger partial charge >= 0.3 is 0 Å². The van der Waals surface area contributed by atoms with Crippen LogP contribution in [0, 0.1) is 6.92 Å². The predicted octanol–water partition coefficient (Wildman–Crippen LogP) is 3.85. The lowest BCUT2D eigenvalue weighted by Crippen LogP contribution is -1.98. The first-order chi connectivity index (χ1) is 9.47. The van der Waals surface area contributed by atoms with Gasteiger partial charge in [-0.15, -0.1) is 11.3 Å². The van der Waals surface area contributed by atoms with Crippen LogP contribution in [-0.2, 0) is 20.0 Å². The molecule has 0 aliphatic rings. The Hall–Kier alpha value is -1.34. The van der Waals surface area contributed by atoms with Crippen molar-refractivity contribution in [3.63, 3.8) is 0 Å². The SMILES string of the molecule is Cc1cccc2sc(-c3ccccc3S(=O)(O)=S)nc12. The minimum absolute atomic E-state index is 0.256. The van der Waals surface area contributed by atoms with Gasteiger partial charge in [0.15, 0.2) is 8.77 Å². The second-order valence-corrected chi connectivity index (χ2v) is 8.19. The van der Waals surface area contributed by atoms with Crippen molar-refractivity contribution in [3.8, 4) is 10.6 Å². The van der Waals surface area contributed by atoms with E-state index in [1.54, 1.807) is 18.2 Å². The number of para-hydroxylation sites is 1. The van der Waals surface area contributed by atoms with Crippen LogP contribution in [0.25, 0.3) is 20.8 Å². The summed E-state index contributed by atoms with van der Waals surface area (Å²) < 4.78 is 22.6. The zero-order valence-electron chi connectivity index (χ0n) is 10.6. The first-order valence-electron chi connectivity index (χ1n) is 5.90. The Labute approximate surface area is 125 Å². The summed E-state index contributed by atoms with van der Waals surface area (Å²) in [4.78, 5) is 4.85. The van der Waals surface area contributed by atoms with Gasteiger partial charge in [0.25, 0.3) is 0 Å². The molecule has 3 rings (SSSR count). The van der Waals surface area contributed by atoms with E-state index >= 15 is 0 Å². The summed E-state index contributed by atoms with van der Waals surface area (Å²) in [7, 11) is -3.43. The molecule has 3 nitrogen and oxygen atoms in total. The highest BCUT2D eigenvalue weighted by molar-refractivity contribution is 8.29. The molecule has 1 N–H and O–H groups in total. The van der Waals surface area contributed by atoms with E-state index in [4.69, 9.17) is 11.2 Å². The molecule has 102 valence electrons. The molecule has 0 amide bonds. The van der Waals surface area contributed by atoms with Gasteiger partial charge in [0.2, 0.25) is 0 Å². The summed E-state index contributed by atoms with van der Waals surface area (Å²) in [5, 5.41) is 0.719. The molecule has 0 bridgehead atoms. The average molecular weight is 321 g/mol. The van der Waals surface area contributed by atoms with E-state index in [0.29, 0.717) is 5.56 Å². The molecule has 1 heterocycles. The maximum atomic E-state index is 11.8. The molecule has 1 atom stereocenters. The Bertz CT molecular complexity index is 898. The van der Waals surface area contributed by atoms with Crippen molar-refractivity contribution < 1.29 is 8.76 Å². The minimum atomic E-state index is -3.43. The van der Waals surface area contributed by atoms with Crippen molar-refractivity contribution in [2.45, 2.75) is 11.8 Å². The second-order valence-electron chi connectivity index (χ2n) is 4.41. The molecule has 0 saturated heterocycles. The molecule has 0 aliphatic heterocycles. The van der Waals surface area contributed by atoms with Crippen LogP contribution in [0.5, 0.6) is 0 Å². The lowest BCUT2D eigenvalue weighted by atomic mass is 10.2. The van der Waals surface area contributed by atoms with Crippen LogP contribution in [-0.4, -0.2) is 13.7 Å². The molecule has 6 heteroatoms. The fourth-order valence-electron chi connectivity index (χ4n) is 2.07. The summed E-state index contributed by atoms with van der Waals surface area (Å²) in [6.45, 7) is 2.00. The number of fused-ring (bicyclic) bond motifs is 1. The molecule has 0 aliphatic carbocycles. The lowest BCUT2D eigenvalue weighted by molar-refractivity contribution is 0.562. The first kappa shape index (κ1) is 13.6. The van der Waals surface area contributed by atoms with Crippen LogP contribution in [0.1, 0.15) is 5.56 Å². The lowest BCUT2D eigenvalue weighted by Gasteiger charge is -2.05. The highest BCUT2D eigenvalue weighted by atomic mass is 32.8. The van der Waals surface area contributed by atoms with E-state index in [2.05, 4.69) is 4.98 Å². The second kappa shape index (κ2) is 4.89. The van der Waals surface area contributed by atoms with Crippen molar-refractivity contribution in [1.29, 1.82) is 0 Å². The number of rotatable bonds is 2. The van der Waals surface area contributed by atoms with Crippen LogP contribution in [0.3, 0.4) is 0 Å². The van der Waals surface area contributed by atoms with E-state index < -0.39 is 8.77 Å². The third-order valence-electron chi connectivity index (χ3n) is 3.02. The molecule has 3 aromatic rings. The van der Waals surface area contributed by atoms with Gasteiger partial charge in [-0.25, -0.2) is 9.19 Å². The van der Waals surface area contributed by atoms with Crippen LogP contribution < -0.4 is 0 Å². The Morgan fingerprint density at radius 1 is 1.20 bits per heavy atom. The number of aromatic nitrogens is 1. The van der Waals surface area contributed by atoms with E-state index in [1.165, 1.54) is 11.3 Å². The maximum Gasteiger partial charge on any atom is 0.171 e. The van der Waals surface area contributed by atoms with Crippen molar-refractivity contribution in [3.05, 3.63) is 48.0 Å². The smallest absolute Gasteiger partial charge is 0.171 e. The van der Waals surface area contributed by atoms with E-state index in [-0.39, 0.29) is 4.90 Å². The first-order valence-corrected chi connectivity index (χ1v) is 9.15. The fraction of sp³-hybridized carbons (Fsp3) is 0.0714. The van der Waals surface area contributed by atoms with Crippen LogP contribution in [0.2, 0.25) is 0 Å². The largest absolute Gasteiger partial charge is 0.302 e. The van der Waals surface area contributed by atoms with Gasteiger partial charge in [0, 0.05) is 16.8 Å². The van der Waals surface area contributed by atoms with E-state index in [9.17, 15) is 8.76 Å². The van der Waals surface area contributed by atoms with Gasteiger partial charge in [-0.2, -0.15) is 0 Å². The van der Waals surface area contributed by atoms with Gasteiger partial charge in [-0.1, -0.05) is 30.3 Å². The van der Waals surface area contributed by atoms with Crippen molar-refractivity contribution in [1.82, 2.24) is 4.98 Å². The normalized spacial score (nSPS) is 14.3. The molecule has 1 aromatic heterocycles. The third-order valence-corrected chi connectivity index (χ3v) is 5.52. The monoisotopic (exact) mass is 321 g/mol. The number of aryl methyl sites for hydroxylation is 1. The minimum Gasteiger partial charge on any atom is -0.302 e. The zero-order valence-corrected chi connectivity index (χ0v) is 13.0. The summed E-state index contributed by atoms with van der Waals surface area (Å²) in [6, 6.07) is 12.9. The summed E-state index contributed by atoms with van der Waals surface area (Å²) >= 11 is 6.21. The van der Waals surface area contributed by atoms with Crippen molar-refractivity contribution in [2.75, 3.05) is 0 Å². The van der Waals surface area contributed by atoms with Gasteiger partial charge in [0.05, 0.1) is 15.1 Å². The maximum absolute atomic E-state index is 11.8. The molecule has 0 spiro atoms. The molecule has 0 fully saturated rings. The highest BCUT2D eigenvalue weighted by Crippen LogP contribution is 2.34. The van der Waals surface area contributed by atoms with Crippen molar-refractivity contribution >= 4 is 41.5 Å². The predicted molar refractivity (Wildman–Crippen MR) is 86.2 cm³/mol. The number of benzene rings is 2. The number of hydrogen-bond acceptors (Lipinski definition) is 4. The number of thiazole rings is 1. The zero-order chi connectivity index (χ0) is 14.3. The Morgan fingerprint density at radius 3 is 2.65 bits per heavy atom. The van der Waals surface area contributed by atoms with Crippen molar-refractivity contribution in [2.24, 2.45) is 0 Å². The van der Waals surface area contributed by atoms with Crippen LogP contribution in [0.4, 0.5) is 0 Å². The van der Waals surface area contributed by atoms with E-state index in [1.807, 2.05) is 31.2 Å². The highest BCUT2D eigenvalue weighted by Gasteiger charge is 2.16. The van der Waals surface area contributed by atoms with E-state index in [0.717, 1.165) is 20.8 Å². The average Bonchev–Trinajstić information content (AvgIpc) is 2.83. The van der Waals surface area contributed by atoms with Gasteiger partial charge in [-0.05, 0) is 24.6 Å². The fourth-order valence-corrected chi connectivity index (χ4v) is 4.35. The summed E-state index contributed by atoms with van der Waals surface area (Å²) in [6.07, 6.45) is 0. The summed E-state index contributed by atoms with van der Waals surface area (Å²) in [5.41, 5.74) is 2.65. The topological polar surface area (TPSA) is 50.2 Å². The molecule has 0 saturated carbocycles. The van der Waals surface area contributed by atoms with Gasteiger partial charge < -0.3 is 4.55 Å².